The lowest BCUT2D eigenvalue weighted by molar-refractivity contribution is -0.147. The number of oxime groups is 2. The van der Waals surface area contributed by atoms with Crippen LogP contribution in [0.25, 0.3) is 0 Å². The summed E-state index contributed by atoms with van der Waals surface area (Å²) in [4.78, 5) is 10.6. The molecular weight excluding hydrogens is 320 g/mol. The number of rotatable bonds is 4. The van der Waals surface area contributed by atoms with Crippen LogP contribution in [-0.4, -0.2) is 35.0 Å². The van der Waals surface area contributed by atoms with E-state index in [9.17, 15) is 5.11 Å². The van der Waals surface area contributed by atoms with E-state index >= 15 is 0 Å². The Morgan fingerprint density at radius 1 is 0.880 bits per heavy atom. The molecular formula is C19H28N2O4. The van der Waals surface area contributed by atoms with Crippen LogP contribution in [0.1, 0.15) is 55.5 Å². The molecule has 0 bridgehead atoms. The summed E-state index contributed by atoms with van der Waals surface area (Å²) < 4.78 is 5.96. The Hall–Kier alpha value is -2.08. The maximum atomic E-state index is 10.2. The van der Waals surface area contributed by atoms with Crippen molar-refractivity contribution in [2.24, 2.45) is 10.3 Å². The zero-order chi connectivity index (χ0) is 19.2. The zero-order valence-electron chi connectivity index (χ0n) is 16.6. The summed E-state index contributed by atoms with van der Waals surface area (Å²) in [6.07, 6.45) is 0. The van der Waals surface area contributed by atoms with Crippen LogP contribution in [0.15, 0.2) is 10.3 Å². The standard InChI is InChI=1S/C19H28N2O4/c1-10-11(2)13(4)16-14(12(10)3)15(20-23-9)17(24-16)21-25-19(7,8)18(5,6)22/h22H,1-9H3. The van der Waals surface area contributed by atoms with E-state index in [-0.39, 0.29) is 5.90 Å². The van der Waals surface area contributed by atoms with Crippen molar-refractivity contribution >= 4 is 11.6 Å². The van der Waals surface area contributed by atoms with Gasteiger partial charge in [0.05, 0.1) is 5.56 Å². The third-order valence-corrected chi connectivity index (χ3v) is 5.28. The molecule has 1 N–H and O–H groups in total. The lowest BCUT2D eigenvalue weighted by atomic mass is 9.90. The van der Waals surface area contributed by atoms with Crippen molar-refractivity contribution in [3.8, 4) is 5.75 Å². The van der Waals surface area contributed by atoms with E-state index in [1.807, 2.05) is 13.8 Å². The summed E-state index contributed by atoms with van der Waals surface area (Å²) in [6, 6.07) is 0. The molecule has 0 radical (unpaired) electrons. The van der Waals surface area contributed by atoms with E-state index in [0.29, 0.717) is 5.71 Å². The molecule has 1 aromatic rings. The second-order valence-corrected chi connectivity index (χ2v) is 7.49. The highest BCUT2D eigenvalue weighted by atomic mass is 16.7. The molecule has 0 unspecified atom stereocenters. The van der Waals surface area contributed by atoms with Crippen LogP contribution < -0.4 is 4.74 Å². The molecule has 6 heteroatoms. The van der Waals surface area contributed by atoms with Crippen LogP contribution in [0.3, 0.4) is 0 Å². The monoisotopic (exact) mass is 348 g/mol. The molecule has 0 fully saturated rings. The van der Waals surface area contributed by atoms with Crippen LogP contribution in [0, 0.1) is 27.7 Å². The molecule has 0 saturated heterocycles. The molecule has 0 atom stereocenters. The molecule has 1 aliphatic heterocycles. The van der Waals surface area contributed by atoms with Crippen LogP contribution in [-0.2, 0) is 9.68 Å². The van der Waals surface area contributed by atoms with E-state index in [0.717, 1.165) is 22.4 Å². The van der Waals surface area contributed by atoms with Gasteiger partial charge < -0.3 is 19.5 Å². The van der Waals surface area contributed by atoms with Gasteiger partial charge in [-0.15, -0.1) is 0 Å². The number of nitrogens with zero attached hydrogens (tertiary/aromatic N) is 2. The number of ether oxygens (including phenoxy) is 1. The van der Waals surface area contributed by atoms with Crippen molar-refractivity contribution in [1.82, 2.24) is 0 Å². The van der Waals surface area contributed by atoms with Gasteiger partial charge in [-0.25, -0.2) is 0 Å². The maximum absolute atomic E-state index is 10.2. The Kier molecular flexibility index (Phi) is 4.88. The maximum Gasteiger partial charge on any atom is 0.286 e. The van der Waals surface area contributed by atoms with E-state index in [1.54, 1.807) is 27.7 Å². The molecule has 25 heavy (non-hydrogen) atoms. The van der Waals surface area contributed by atoms with Gasteiger partial charge in [0.15, 0.2) is 11.3 Å². The fraction of sp³-hybridized carbons (Fsp3) is 0.579. The van der Waals surface area contributed by atoms with Crippen molar-refractivity contribution in [3.05, 3.63) is 27.8 Å². The van der Waals surface area contributed by atoms with E-state index in [4.69, 9.17) is 14.4 Å². The molecule has 138 valence electrons. The smallest absolute Gasteiger partial charge is 0.286 e. The molecule has 2 rings (SSSR count). The van der Waals surface area contributed by atoms with E-state index in [2.05, 4.69) is 24.2 Å². The van der Waals surface area contributed by atoms with Crippen molar-refractivity contribution in [3.63, 3.8) is 0 Å². The number of hydrogen-bond donors (Lipinski definition) is 1. The number of aliphatic hydroxyl groups is 1. The SMILES string of the molecule is CON=C1C(=NOC(C)(C)C(C)(C)O)Oc2c(C)c(C)c(C)c(C)c21. The Bertz CT molecular complexity index is 756. The number of fused-ring (bicyclic) bond motifs is 1. The van der Waals surface area contributed by atoms with Crippen LogP contribution in [0.4, 0.5) is 0 Å². The summed E-state index contributed by atoms with van der Waals surface area (Å²) in [7, 11) is 1.48. The molecule has 6 nitrogen and oxygen atoms in total. The van der Waals surface area contributed by atoms with Crippen LogP contribution in [0.5, 0.6) is 5.75 Å². The molecule has 1 aromatic carbocycles. The zero-order valence-corrected chi connectivity index (χ0v) is 16.6. The Balaban J connectivity index is 2.54. The minimum absolute atomic E-state index is 0.227. The minimum Gasteiger partial charge on any atom is -0.434 e. The first-order valence-electron chi connectivity index (χ1n) is 8.31. The van der Waals surface area contributed by atoms with Crippen molar-refractivity contribution < 1.29 is 19.5 Å². The molecule has 0 aliphatic carbocycles. The summed E-state index contributed by atoms with van der Waals surface area (Å²) >= 11 is 0. The Morgan fingerprint density at radius 3 is 1.96 bits per heavy atom. The van der Waals surface area contributed by atoms with Gasteiger partial charge in [0.25, 0.3) is 5.90 Å². The topological polar surface area (TPSA) is 72.6 Å². The van der Waals surface area contributed by atoms with Gasteiger partial charge >= 0.3 is 0 Å². The predicted molar refractivity (Wildman–Crippen MR) is 98.5 cm³/mol. The van der Waals surface area contributed by atoms with Gasteiger partial charge in [-0.1, -0.05) is 5.16 Å². The average Bonchev–Trinajstić information content (AvgIpc) is 2.87. The van der Waals surface area contributed by atoms with Gasteiger partial charge in [0.2, 0.25) is 0 Å². The lowest BCUT2D eigenvalue weighted by Crippen LogP contribution is -2.46. The highest BCUT2D eigenvalue weighted by Crippen LogP contribution is 2.38. The van der Waals surface area contributed by atoms with Gasteiger partial charge in [-0.2, -0.15) is 0 Å². The van der Waals surface area contributed by atoms with Gasteiger partial charge in [-0.3, -0.25) is 0 Å². The molecule has 0 saturated carbocycles. The predicted octanol–water partition coefficient (Wildman–Crippen LogP) is 3.54. The first kappa shape index (κ1) is 19.2. The highest BCUT2D eigenvalue weighted by Gasteiger charge is 2.39. The van der Waals surface area contributed by atoms with Crippen LogP contribution >= 0.6 is 0 Å². The van der Waals surface area contributed by atoms with Gasteiger partial charge in [0, 0.05) is 0 Å². The van der Waals surface area contributed by atoms with Crippen LogP contribution in [0.2, 0.25) is 0 Å². The van der Waals surface area contributed by atoms with Crippen molar-refractivity contribution in [1.29, 1.82) is 0 Å². The molecule has 1 heterocycles. The first-order chi connectivity index (χ1) is 11.4. The normalized spacial score (nSPS) is 17.7. The summed E-state index contributed by atoms with van der Waals surface area (Å²) in [5.74, 6) is 0.949. The number of hydrogen-bond acceptors (Lipinski definition) is 6. The molecule has 0 amide bonds. The molecule has 0 spiro atoms. The minimum atomic E-state index is -1.08. The Labute approximate surface area is 149 Å². The fourth-order valence-corrected chi connectivity index (χ4v) is 2.45. The fourth-order valence-electron chi connectivity index (χ4n) is 2.45. The molecule has 0 aromatic heterocycles. The van der Waals surface area contributed by atoms with Crippen molar-refractivity contribution in [2.45, 2.75) is 66.6 Å². The quantitative estimate of drug-likeness (QED) is 0.845. The van der Waals surface area contributed by atoms with E-state index < -0.39 is 11.2 Å². The largest absolute Gasteiger partial charge is 0.434 e. The van der Waals surface area contributed by atoms with Crippen molar-refractivity contribution in [2.75, 3.05) is 7.11 Å². The van der Waals surface area contributed by atoms with E-state index in [1.165, 1.54) is 18.2 Å². The van der Waals surface area contributed by atoms with Gasteiger partial charge in [0.1, 0.15) is 18.5 Å². The van der Waals surface area contributed by atoms with Gasteiger partial charge in [-0.05, 0) is 82.8 Å². The summed E-state index contributed by atoms with van der Waals surface area (Å²) in [6.45, 7) is 15.0. The third-order valence-electron chi connectivity index (χ3n) is 5.28. The number of benzene rings is 1. The third kappa shape index (κ3) is 3.23. The lowest BCUT2D eigenvalue weighted by Gasteiger charge is -2.34. The molecule has 1 aliphatic rings. The highest BCUT2D eigenvalue weighted by molar-refractivity contribution is 6.49. The second kappa shape index (κ2) is 6.33. The first-order valence-corrected chi connectivity index (χ1v) is 8.31. The summed E-state index contributed by atoms with van der Waals surface area (Å²) in [5.41, 5.74) is 3.83. The Morgan fingerprint density at radius 2 is 1.44 bits per heavy atom. The second-order valence-electron chi connectivity index (χ2n) is 7.49. The average molecular weight is 348 g/mol. The summed E-state index contributed by atoms with van der Waals surface area (Å²) in [5, 5.41) is 18.5.